The fraction of sp³-hybridized carbons (Fsp3) is 0.848. The predicted molar refractivity (Wildman–Crippen MR) is 156 cm³/mol. The van der Waals surface area contributed by atoms with E-state index in [0.717, 1.165) is 18.7 Å². The minimum Gasteiger partial charge on any atom is -0.238 e. The summed E-state index contributed by atoms with van der Waals surface area (Å²) in [5.74, 6) is 0.718. The van der Waals surface area contributed by atoms with Crippen LogP contribution in [0.3, 0.4) is 0 Å². The van der Waals surface area contributed by atoms with Gasteiger partial charge in [-0.25, -0.2) is 9.97 Å². The zero-order valence-corrected chi connectivity index (χ0v) is 24.1. The van der Waals surface area contributed by atoms with Gasteiger partial charge in [-0.2, -0.15) is 0 Å². The molecule has 1 radical (unpaired) electrons. The van der Waals surface area contributed by atoms with E-state index in [-0.39, 0.29) is 0 Å². The van der Waals surface area contributed by atoms with E-state index in [9.17, 15) is 0 Å². The Morgan fingerprint density at radius 2 is 0.686 bits per heavy atom. The highest BCUT2D eigenvalue weighted by molar-refractivity contribution is 5.13. The second-order valence-corrected chi connectivity index (χ2v) is 11.0. The molecule has 0 amide bonds. The number of nitrogens with zero attached hydrogens (tertiary/aromatic N) is 2. The van der Waals surface area contributed by atoms with Crippen molar-refractivity contribution in [2.45, 2.75) is 181 Å². The summed E-state index contributed by atoms with van der Waals surface area (Å²) < 4.78 is 0. The smallest absolute Gasteiger partial charge is 0.129 e. The lowest BCUT2D eigenvalue weighted by Crippen LogP contribution is -2.01. The molecule has 0 N–H and O–H groups in total. The molecule has 0 aromatic carbocycles. The predicted octanol–water partition coefficient (Wildman–Crippen LogP) is 11.1. The quantitative estimate of drug-likeness (QED) is 0.122. The van der Waals surface area contributed by atoms with Gasteiger partial charge in [0, 0.05) is 18.3 Å². The minimum atomic E-state index is 0.718. The van der Waals surface area contributed by atoms with Crippen molar-refractivity contribution < 1.29 is 0 Å². The summed E-state index contributed by atoms with van der Waals surface area (Å²) in [5.41, 5.74) is 2.43. The molecule has 1 aromatic rings. The van der Waals surface area contributed by atoms with Crippen molar-refractivity contribution in [2.75, 3.05) is 0 Å². The fourth-order valence-corrected chi connectivity index (χ4v) is 5.16. The van der Waals surface area contributed by atoms with Crippen molar-refractivity contribution in [3.63, 3.8) is 0 Å². The Hall–Kier alpha value is -0.920. The monoisotopic (exact) mass is 485 g/mol. The average molecular weight is 486 g/mol. The molecule has 0 saturated carbocycles. The van der Waals surface area contributed by atoms with Gasteiger partial charge >= 0.3 is 0 Å². The zero-order valence-electron chi connectivity index (χ0n) is 24.1. The number of hydrogen-bond acceptors (Lipinski definition) is 2. The maximum absolute atomic E-state index is 4.61. The van der Waals surface area contributed by atoms with Gasteiger partial charge in [-0.15, -0.1) is 0 Å². The van der Waals surface area contributed by atoms with Crippen LogP contribution >= 0.6 is 0 Å². The Balaban J connectivity index is 1.99. The van der Waals surface area contributed by atoms with Crippen LogP contribution in [0, 0.1) is 6.92 Å². The molecule has 0 bridgehead atoms. The molecule has 1 heterocycles. The number of aromatic nitrogens is 2. The van der Waals surface area contributed by atoms with Gasteiger partial charge in [0.25, 0.3) is 0 Å². The molecule has 2 heteroatoms. The third-order valence-corrected chi connectivity index (χ3v) is 7.45. The van der Waals surface area contributed by atoms with Crippen LogP contribution in [0.15, 0.2) is 6.07 Å². The van der Waals surface area contributed by atoms with E-state index in [2.05, 4.69) is 36.8 Å². The molecular formula is C33H61N2. The molecule has 1 aromatic heterocycles. The average Bonchev–Trinajstić information content (AvgIpc) is 2.85. The van der Waals surface area contributed by atoms with Gasteiger partial charge in [-0.1, -0.05) is 155 Å². The standard InChI is InChI=1S/C33H61N2/c1-4-6-8-10-12-14-16-18-20-22-24-26-28-32-30-33(35-31(3)34-32)29-27-25-23-21-19-17-15-13-11-9-7-5-2/h30H,3-29H2,1-2H3. The molecule has 203 valence electrons. The fourth-order valence-electron chi connectivity index (χ4n) is 5.16. The third kappa shape index (κ3) is 20.9. The van der Waals surface area contributed by atoms with Crippen LogP contribution in [0.2, 0.25) is 0 Å². The van der Waals surface area contributed by atoms with E-state index in [1.807, 2.05) is 0 Å². The van der Waals surface area contributed by atoms with Gasteiger partial charge in [0.2, 0.25) is 0 Å². The second-order valence-electron chi connectivity index (χ2n) is 11.0. The molecule has 0 fully saturated rings. The second kappa shape index (κ2) is 24.8. The van der Waals surface area contributed by atoms with Crippen LogP contribution in [0.1, 0.15) is 185 Å². The maximum atomic E-state index is 4.61. The summed E-state index contributed by atoms with van der Waals surface area (Å²) in [6.45, 7) is 8.63. The Morgan fingerprint density at radius 3 is 0.971 bits per heavy atom. The van der Waals surface area contributed by atoms with Crippen LogP contribution in [0.5, 0.6) is 0 Å². The SMILES string of the molecule is [CH2]c1nc(CCCCCCCCCCCCCC)cc(CCCCCCCCCCCCCC)n1. The Bertz CT molecular complexity index is 522. The molecule has 0 aliphatic carbocycles. The molecule has 0 aliphatic rings. The number of hydrogen-bond donors (Lipinski definition) is 0. The molecular weight excluding hydrogens is 424 g/mol. The molecule has 0 atom stereocenters. The van der Waals surface area contributed by atoms with Crippen LogP contribution in [0.4, 0.5) is 0 Å². The van der Waals surface area contributed by atoms with Gasteiger partial charge in [0.15, 0.2) is 0 Å². The van der Waals surface area contributed by atoms with E-state index in [0.29, 0.717) is 0 Å². The van der Waals surface area contributed by atoms with E-state index in [1.54, 1.807) is 0 Å². The van der Waals surface area contributed by atoms with Crippen molar-refractivity contribution in [3.8, 4) is 0 Å². The summed E-state index contributed by atoms with van der Waals surface area (Å²) in [6, 6.07) is 2.26. The normalized spacial score (nSPS) is 11.4. The first-order valence-electron chi connectivity index (χ1n) is 15.9. The van der Waals surface area contributed by atoms with Crippen LogP contribution in [-0.2, 0) is 12.8 Å². The minimum absolute atomic E-state index is 0.718. The number of unbranched alkanes of at least 4 members (excludes halogenated alkanes) is 22. The van der Waals surface area contributed by atoms with E-state index >= 15 is 0 Å². The first-order chi connectivity index (χ1) is 17.3. The van der Waals surface area contributed by atoms with Crippen LogP contribution < -0.4 is 0 Å². The van der Waals surface area contributed by atoms with E-state index in [4.69, 9.17) is 0 Å². The molecule has 0 spiro atoms. The Morgan fingerprint density at radius 1 is 0.429 bits per heavy atom. The topological polar surface area (TPSA) is 25.8 Å². The largest absolute Gasteiger partial charge is 0.238 e. The van der Waals surface area contributed by atoms with Crippen molar-refractivity contribution in [1.29, 1.82) is 0 Å². The van der Waals surface area contributed by atoms with Crippen LogP contribution in [0.25, 0.3) is 0 Å². The lowest BCUT2D eigenvalue weighted by Gasteiger charge is -2.07. The number of rotatable bonds is 26. The van der Waals surface area contributed by atoms with Gasteiger partial charge in [0.05, 0.1) is 0 Å². The molecule has 2 nitrogen and oxygen atoms in total. The highest BCUT2D eigenvalue weighted by atomic mass is 14.9. The third-order valence-electron chi connectivity index (χ3n) is 7.45. The highest BCUT2D eigenvalue weighted by Gasteiger charge is 2.03. The number of aryl methyl sites for hydroxylation is 2. The first-order valence-corrected chi connectivity index (χ1v) is 15.9. The Labute approximate surface area is 220 Å². The van der Waals surface area contributed by atoms with Crippen LogP contribution in [-0.4, -0.2) is 9.97 Å². The molecule has 1 rings (SSSR count). The van der Waals surface area contributed by atoms with Gasteiger partial charge in [-0.3, -0.25) is 0 Å². The van der Waals surface area contributed by atoms with Gasteiger partial charge in [0.1, 0.15) is 5.82 Å². The summed E-state index contributed by atoms with van der Waals surface area (Å²) in [7, 11) is 0. The van der Waals surface area contributed by atoms with Gasteiger partial charge in [-0.05, 0) is 31.7 Å². The molecule has 35 heavy (non-hydrogen) atoms. The zero-order chi connectivity index (χ0) is 25.2. The van der Waals surface area contributed by atoms with Crippen molar-refractivity contribution in [2.24, 2.45) is 0 Å². The first kappa shape index (κ1) is 32.1. The highest BCUT2D eigenvalue weighted by Crippen LogP contribution is 2.15. The summed E-state index contributed by atoms with van der Waals surface area (Å²) in [4.78, 5) is 9.22. The molecule has 0 aliphatic heterocycles. The maximum Gasteiger partial charge on any atom is 0.129 e. The lowest BCUT2D eigenvalue weighted by molar-refractivity contribution is 0.542. The van der Waals surface area contributed by atoms with Gasteiger partial charge < -0.3 is 0 Å². The van der Waals surface area contributed by atoms with Crippen molar-refractivity contribution in [1.82, 2.24) is 9.97 Å². The Kier molecular flexibility index (Phi) is 22.7. The van der Waals surface area contributed by atoms with E-state index in [1.165, 1.54) is 165 Å². The van der Waals surface area contributed by atoms with Crippen molar-refractivity contribution in [3.05, 3.63) is 30.2 Å². The van der Waals surface area contributed by atoms with E-state index < -0.39 is 0 Å². The summed E-state index contributed by atoms with van der Waals surface area (Å²) in [6.07, 6.45) is 35.8. The summed E-state index contributed by atoms with van der Waals surface area (Å²) in [5, 5.41) is 0. The molecule has 0 saturated heterocycles. The van der Waals surface area contributed by atoms with Crippen molar-refractivity contribution >= 4 is 0 Å². The summed E-state index contributed by atoms with van der Waals surface area (Å²) >= 11 is 0. The molecule has 0 unspecified atom stereocenters. The lowest BCUT2D eigenvalue weighted by atomic mass is 10.0.